The Morgan fingerprint density at radius 3 is 2.47 bits per heavy atom. The van der Waals surface area contributed by atoms with Gasteiger partial charge in [0.1, 0.15) is 29.7 Å². The summed E-state index contributed by atoms with van der Waals surface area (Å²) < 4.78 is 46.8. The molecule has 3 nitrogen and oxygen atoms in total. The first kappa shape index (κ1) is 23.1. The summed E-state index contributed by atoms with van der Waals surface area (Å²) in [7, 11) is 0. The third-order valence-corrected chi connectivity index (χ3v) is 7.87. The minimum atomic E-state index is -0.591. The fourth-order valence-electron chi connectivity index (χ4n) is 4.90. The Bertz CT molecular complexity index is 1150. The molecule has 0 amide bonds. The van der Waals surface area contributed by atoms with Crippen LogP contribution < -0.4 is 4.74 Å². The highest BCUT2D eigenvalue weighted by Crippen LogP contribution is 2.50. The molecule has 5 rings (SSSR count). The predicted octanol–water partition coefficient (Wildman–Crippen LogP) is 5.97. The minimum absolute atomic E-state index is 0.149. The van der Waals surface area contributed by atoms with Gasteiger partial charge in [-0.25, -0.2) is 8.78 Å². The molecule has 1 saturated heterocycles. The molecule has 0 saturated carbocycles. The zero-order valence-electron chi connectivity index (χ0n) is 18.6. The smallest absolute Gasteiger partial charge is 0.129 e. The summed E-state index contributed by atoms with van der Waals surface area (Å²) in [6, 6.07) is 16.9. The minimum Gasteiger partial charge on any atom is -0.508 e. The second-order valence-electron chi connectivity index (χ2n) is 8.98. The van der Waals surface area contributed by atoms with E-state index in [4.69, 9.17) is 4.74 Å². The van der Waals surface area contributed by atoms with Gasteiger partial charge in [-0.2, -0.15) is 0 Å². The summed E-state index contributed by atoms with van der Waals surface area (Å²) in [4.78, 5) is 3.14. The molecule has 178 valence electrons. The van der Waals surface area contributed by atoms with Gasteiger partial charge in [0.25, 0.3) is 0 Å². The SMILES string of the molecule is Oc1ccc2c(c1)SC[C@@H](c1ccc(F)cc1F)[C@H]2c1ccc(OCCN2CC(CF)C2)cc1. The quantitative estimate of drug-likeness (QED) is 0.447. The molecule has 0 unspecified atom stereocenters. The number of phenolic OH excluding ortho intramolecular Hbond substituents is 1. The number of benzene rings is 3. The van der Waals surface area contributed by atoms with Crippen molar-refractivity contribution in [3.63, 3.8) is 0 Å². The van der Waals surface area contributed by atoms with Gasteiger partial charge in [-0.15, -0.1) is 11.8 Å². The molecule has 0 radical (unpaired) electrons. The van der Waals surface area contributed by atoms with Crippen molar-refractivity contribution in [1.82, 2.24) is 4.90 Å². The number of rotatable bonds is 7. The average Bonchev–Trinajstić information content (AvgIpc) is 2.80. The van der Waals surface area contributed by atoms with Gasteiger partial charge in [0, 0.05) is 54.1 Å². The van der Waals surface area contributed by atoms with Crippen LogP contribution in [0.1, 0.15) is 28.5 Å². The number of ether oxygens (including phenoxy) is 1. The summed E-state index contributed by atoms with van der Waals surface area (Å²) >= 11 is 1.57. The van der Waals surface area contributed by atoms with Crippen LogP contribution in [0.4, 0.5) is 13.2 Å². The first-order valence-electron chi connectivity index (χ1n) is 11.4. The molecule has 1 N–H and O–H groups in total. The highest BCUT2D eigenvalue weighted by molar-refractivity contribution is 7.99. The van der Waals surface area contributed by atoms with Crippen LogP contribution >= 0.6 is 11.8 Å². The zero-order valence-corrected chi connectivity index (χ0v) is 19.4. The molecular weight excluding hydrogens is 459 g/mol. The maximum atomic E-state index is 14.8. The first-order valence-corrected chi connectivity index (χ1v) is 12.4. The number of nitrogens with zero attached hydrogens (tertiary/aromatic N) is 1. The van der Waals surface area contributed by atoms with E-state index in [1.165, 1.54) is 12.1 Å². The Hall–Kier alpha value is -2.64. The number of thioether (sulfide) groups is 1. The molecule has 0 aromatic heterocycles. The van der Waals surface area contributed by atoms with Crippen molar-refractivity contribution in [2.24, 2.45) is 5.92 Å². The van der Waals surface area contributed by atoms with Crippen LogP contribution in [0, 0.1) is 17.6 Å². The maximum absolute atomic E-state index is 14.8. The molecule has 1 fully saturated rings. The van der Waals surface area contributed by atoms with Crippen LogP contribution in [0.25, 0.3) is 0 Å². The Kier molecular flexibility index (Phi) is 6.75. The van der Waals surface area contributed by atoms with Crippen molar-refractivity contribution < 1.29 is 23.0 Å². The third kappa shape index (κ3) is 4.77. The van der Waals surface area contributed by atoms with Crippen LogP contribution in [0.15, 0.2) is 65.6 Å². The van der Waals surface area contributed by atoms with Gasteiger partial charge < -0.3 is 9.84 Å². The molecule has 2 atom stereocenters. The topological polar surface area (TPSA) is 32.7 Å². The molecule has 7 heteroatoms. The Labute approximate surface area is 201 Å². The largest absolute Gasteiger partial charge is 0.508 e. The first-order chi connectivity index (χ1) is 16.5. The second-order valence-corrected chi connectivity index (χ2v) is 10.0. The van der Waals surface area contributed by atoms with Crippen molar-refractivity contribution in [3.8, 4) is 11.5 Å². The van der Waals surface area contributed by atoms with Crippen molar-refractivity contribution in [3.05, 3.63) is 89.0 Å². The van der Waals surface area contributed by atoms with Gasteiger partial charge >= 0.3 is 0 Å². The Morgan fingerprint density at radius 1 is 0.971 bits per heavy atom. The molecule has 34 heavy (non-hydrogen) atoms. The summed E-state index contributed by atoms with van der Waals surface area (Å²) in [5, 5.41) is 9.96. The molecule has 3 aromatic carbocycles. The van der Waals surface area contributed by atoms with E-state index in [1.807, 2.05) is 30.3 Å². The van der Waals surface area contributed by atoms with Crippen LogP contribution in [-0.4, -0.2) is 48.7 Å². The van der Waals surface area contributed by atoms with E-state index >= 15 is 0 Å². The average molecular weight is 486 g/mol. The zero-order chi connectivity index (χ0) is 23.7. The number of hydrogen-bond acceptors (Lipinski definition) is 4. The van der Waals surface area contributed by atoms with Crippen LogP contribution in [0.3, 0.4) is 0 Å². The van der Waals surface area contributed by atoms with Crippen LogP contribution in [0.5, 0.6) is 11.5 Å². The lowest BCUT2D eigenvalue weighted by Crippen LogP contribution is -2.49. The van der Waals surface area contributed by atoms with Crippen molar-refractivity contribution in [1.29, 1.82) is 0 Å². The molecular formula is C27H26F3NO2S. The Balaban J connectivity index is 1.37. The number of aromatic hydroxyl groups is 1. The third-order valence-electron chi connectivity index (χ3n) is 6.68. The van der Waals surface area contributed by atoms with E-state index < -0.39 is 11.6 Å². The van der Waals surface area contributed by atoms with Crippen molar-refractivity contribution in [2.45, 2.75) is 16.7 Å². The van der Waals surface area contributed by atoms with Gasteiger partial charge in [0.05, 0.1) is 6.67 Å². The van der Waals surface area contributed by atoms with E-state index in [0.717, 1.165) is 47.5 Å². The molecule has 2 aliphatic heterocycles. The highest BCUT2D eigenvalue weighted by Gasteiger charge is 2.34. The molecule has 0 bridgehead atoms. The predicted molar refractivity (Wildman–Crippen MR) is 128 cm³/mol. The number of hydrogen-bond donors (Lipinski definition) is 1. The van der Waals surface area contributed by atoms with E-state index in [0.29, 0.717) is 17.9 Å². The lowest BCUT2D eigenvalue weighted by Gasteiger charge is -2.37. The van der Waals surface area contributed by atoms with Gasteiger partial charge in [-0.3, -0.25) is 9.29 Å². The summed E-state index contributed by atoms with van der Waals surface area (Å²) in [5.41, 5.74) is 2.50. The van der Waals surface area contributed by atoms with E-state index in [2.05, 4.69) is 4.90 Å². The van der Waals surface area contributed by atoms with Crippen molar-refractivity contribution >= 4 is 11.8 Å². The number of halogens is 3. The monoisotopic (exact) mass is 485 g/mol. The van der Waals surface area contributed by atoms with E-state index in [-0.39, 0.29) is 30.2 Å². The summed E-state index contributed by atoms with van der Waals surface area (Å²) in [6.07, 6.45) is 0. The second kappa shape index (κ2) is 9.92. The number of phenols is 1. The fourth-order valence-corrected chi connectivity index (χ4v) is 6.20. The Morgan fingerprint density at radius 2 is 1.74 bits per heavy atom. The number of likely N-dealkylation sites (tertiary alicyclic amines) is 1. The standard InChI is InChI=1S/C27H26F3NO2S/c28-13-17-14-31(15-17)9-10-33-21-5-1-18(2-6-21)27-23-8-4-20(32)12-26(23)34-16-24(27)22-7-3-19(29)11-25(22)30/h1-8,11-12,17,24,27,32H,9-10,13-16H2/t24-,27-/m0/s1. The highest BCUT2D eigenvalue weighted by atomic mass is 32.2. The van der Waals surface area contributed by atoms with Crippen LogP contribution in [-0.2, 0) is 0 Å². The van der Waals surface area contributed by atoms with Gasteiger partial charge in [-0.05, 0) is 47.0 Å². The molecule has 0 spiro atoms. The van der Waals surface area contributed by atoms with Crippen LogP contribution in [0.2, 0.25) is 0 Å². The lowest BCUT2D eigenvalue weighted by atomic mass is 9.77. The van der Waals surface area contributed by atoms with Gasteiger partial charge in [0.2, 0.25) is 0 Å². The maximum Gasteiger partial charge on any atom is 0.129 e. The van der Waals surface area contributed by atoms with Gasteiger partial charge in [0.15, 0.2) is 0 Å². The van der Waals surface area contributed by atoms with Crippen molar-refractivity contribution in [2.75, 3.05) is 38.7 Å². The molecule has 3 aromatic rings. The molecule has 2 aliphatic rings. The van der Waals surface area contributed by atoms with Gasteiger partial charge in [-0.1, -0.05) is 24.3 Å². The fraction of sp³-hybridized carbons (Fsp3) is 0.333. The molecule has 2 heterocycles. The number of alkyl halides is 1. The lowest BCUT2D eigenvalue weighted by molar-refractivity contribution is 0.0668. The number of fused-ring (bicyclic) bond motifs is 1. The summed E-state index contributed by atoms with van der Waals surface area (Å²) in [5.74, 6) is 0.236. The molecule has 0 aliphatic carbocycles. The summed E-state index contributed by atoms with van der Waals surface area (Å²) in [6.45, 7) is 2.61. The van der Waals surface area contributed by atoms with E-state index in [9.17, 15) is 18.3 Å². The van der Waals surface area contributed by atoms with E-state index in [1.54, 1.807) is 23.9 Å². The normalized spacial score (nSPS) is 20.6.